The van der Waals surface area contributed by atoms with Crippen LogP contribution in [-0.2, 0) is 6.18 Å². The Morgan fingerprint density at radius 2 is 1.85 bits per heavy atom. The smallest absolute Gasteiger partial charge is 0.338 e. The van der Waals surface area contributed by atoms with E-state index >= 15 is 0 Å². The number of nitrogens with zero attached hydrogens (tertiary/aromatic N) is 1. The number of halogens is 4. The molecule has 3 aromatic rings. The van der Waals surface area contributed by atoms with Crippen molar-refractivity contribution in [1.82, 2.24) is 9.97 Å². The Kier molecular flexibility index (Phi) is 2.94. The lowest BCUT2D eigenvalue weighted by atomic mass is 10.2. The molecule has 2 aromatic carbocycles. The summed E-state index contributed by atoms with van der Waals surface area (Å²) in [6.07, 6.45) is -4.37. The van der Waals surface area contributed by atoms with Crippen molar-refractivity contribution in [1.29, 1.82) is 0 Å². The van der Waals surface area contributed by atoms with Crippen molar-refractivity contribution in [2.24, 2.45) is 0 Å². The topological polar surface area (TPSA) is 28.7 Å². The minimum atomic E-state index is -4.37. The summed E-state index contributed by atoms with van der Waals surface area (Å²) in [6.45, 7) is 0. The fourth-order valence-electron chi connectivity index (χ4n) is 1.96. The van der Waals surface area contributed by atoms with E-state index in [1.165, 1.54) is 6.07 Å². The van der Waals surface area contributed by atoms with Gasteiger partial charge in [0, 0.05) is 10.6 Å². The SMILES string of the molecule is FC(F)(F)c1ccc2nc(-c3cccc(Cl)c3)[nH]c2c1. The average Bonchev–Trinajstić information content (AvgIpc) is 2.80. The van der Waals surface area contributed by atoms with Gasteiger partial charge in [-0.15, -0.1) is 0 Å². The molecule has 0 atom stereocenters. The highest BCUT2D eigenvalue weighted by Gasteiger charge is 2.30. The number of hydrogen-bond donors (Lipinski definition) is 1. The lowest BCUT2D eigenvalue weighted by Crippen LogP contribution is -2.04. The molecule has 20 heavy (non-hydrogen) atoms. The molecule has 3 rings (SSSR count). The summed E-state index contributed by atoms with van der Waals surface area (Å²) in [7, 11) is 0. The first-order valence-corrected chi connectivity index (χ1v) is 6.14. The van der Waals surface area contributed by atoms with Crippen molar-refractivity contribution in [3.63, 3.8) is 0 Å². The van der Waals surface area contributed by atoms with Crippen LogP contribution < -0.4 is 0 Å². The first kappa shape index (κ1) is 13.0. The Labute approximate surface area is 117 Å². The first-order valence-electron chi connectivity index (χ1n) is 5.76. The minimum absolute atomic E-state index is 0.342. The first-order chi connectivity index (χ1) is 9.43. The molecule has 0 fully saturated rings. The predicted octanol–water partition coefficient (Wildman–Crippen LogP) is 4.90. The molecule has 0 saturated carbocycles. The quantitative estimate of drug-likeness (QED) is 0.679. The van der Waals surface area contributed by atoms with Gasteiger partial charge in [0.25, 0.3) is 0 Å². The summed E-state index contributed by atoms with van der Waals surface area (Å²) < 4.78 is 37.9. The molecular weight excluding hydrogens is 289 g/mol. The van der Waals surface area contributed by atoms with Gasteiger partial charge in [-0.25, -0.2) is 4.98 Å². The summed E-state index contributed by atoms with van der Waals surface area (Å²) in [5, 5.41) is 0.541. The second-order valence-electron chi connectivity index (χ2n) is 4.33. The van der Waals surface area contributed by atoms with E-state index in [0.29, 0.717) is 21.9 Å². The van der Waals surface area contributed by atoms with Crippen LogP contribution in [0, 0.1) is 0 Å². The number of imidazole rings is 1. The van der Waals surface area contributed by atoms with Crippen molar-refractivity contribution < 1.29 is 13.2 Å². The molecule has 0 aliphatic heterocycles. The van der Waals surface area contributed by atoms with E-state index < -0.39 is 11.7 Å². The van der Waals surface area contributed by atoms with Gasteiger partial charge in [0.1, 0.15) is 5.82 Å². The van der Waals surface area contributed by atoms with Gasteiger partial charge in [0.05, 0.1) is 16.6 Å². The van der Waals surface area contributed by atoms with E-state index in [1.807, 2.05) is 0 Å². The molecule has 0 unspecified atom stereocenters. The Hall–Kier alpha value is -2.01. The van der Waals surface area contributed by atoms with Crippen molar-refractivity contribution >= 4 is 22.6 Å². The molecule has 102 valence electrons. The number of aromatic amines is 1. The van der Waals surface area contributed by atoms with Crippen molar-refractivity contribution in [3.8, 4) is 11.4 Å². The zero-order chi connectivity index (χ0) is 14.3. The van der Waals surface area contributed by atoms with Crippen LogP contribution in [0.15, 0.2) is 42.5 Å². The van der Waals surface area contributed by atoms with Crippen LogP contribution in [-0.4, -0.2) is 9.97 Å². The number of nitrogens with one attached hydrogen (secondary N) is 1. The van der Waals surface area contributed by atoms with Crippen LogP contribution in [0.2, 0.25) is 5.02 Å². The lowest BCUT2D eigenvalue weighted by molar-refractivity contribution is -0.137. The Bertz CT molecular complexity index is 777. The number of benzene rings is 2. The maximum Gasteiger partial charge on any atom is 0.416 e. The number of aromatic nitrogens is 2. The zero-order valence-electron chi connectivity index (χ0n) is 10.0. The molecule has 1 aromatic heterocycles. The highest BCUT2D eigenvalue weighted by Crippen LogP contribution is 2.31. The fraction of sp³-hybridized carbons (Fsp3) is 0.0714. The zero-order valence-corrected chi connectivity index (χ0v) is 10.8. The third-order valence-electron chi connectivity index (χ3n) is 2.91. The van der Waals surface area contributed by atoms with Crippen LogP contribution >= 0.6 is 11.6 Å². The van der Waals surface area contributed by atoms with Crippen LogP contribution in [0.3, 0.4) is 0 Å². The van der Waals surface area contributed by atoms with E-state index in [-0.39, 0.29) is 0 Å². The molecule has 1 N–H and O–H groups in total. The third kappa shape index (κ3) is 2.36. The Morgan fingerprint density at radius 1 is 1.05 bits per heavy atom. The van der Waals surface area contributed by atoms with Crippen LogP contribution in [0.25, 0.3) is 22.4 Å². The number of rotatable bonds is 1. The Balaban J connectivity index is 2.11. The molecule has 0 spiro atoms. The molecule has 6 heteroatoms. The molecule has 0 saturated heterocycles. The summed E-state index contributed by atoms with van der Waals surface area (Å²) in [5.41, 5.74) is 0.844. The maximum atomic E-state index is 12.6. The van der Waals surface area contributed by atoms with Crippen LogP contribution in [0.5, 0.6) is 0 Å². The molecule has 0 aliphatic carbocycles. The summed E-state index contributed by atoms with van der Waals surface area (Å²) in [5.74, 6) is 0.488. The van der Waals surface area contributed by atoms with E-state index in [9.17, 15) is 13.2 Å². The van der Waals surface area contributed by atoms with Crippen LogP contribution in [0.4, 0.5) is 13.2 Å². The molecule has 0 amide bonds. The molecule has 2 nitrogen and oxygen atoms in total. The second-order valence-corrected chi connectivity index (χ2v) is 4.76. The van der Waals surface area contributed by atoms with Gasteiger partial charge in [-0.05, 0) is 30.3 Å². The second kappa shape index (κ2) is 4.52. The molecule has 0 radical (unpaired) electrons. The monoisotopic (exact) mass is 296 g/mol. The summed E-state index contributed by atoms with van der Waals surface area (Å²) in [4.78, 5) is 7.15. The van der Waals surface area contributed by atoms with Gasteiger partial charge in [-0.3, -0.25) is 0 Å². The standard InChI is InChI=1S/C14H8ClF3N2/c15-10-3-1-2-8(6-10)13-19-11-5-4-9(14(16,17)18)7-12(11)20-13/h1-7H,(H,19,20). The van der Waals surface area contributed by atoms with Gasteiger partial charge in [-0.1, -0.05) is 23.7 Å². The molecule has 1 heterocycles. The van der Waals surface area contributed by atoms with E-state index in [4.69, 9.17) is 11.6 Å². The van der Waals surface area contributed by atoms with Gasteiger partial charge in [0.2, 0.25) is 0 Å². The van der Waals surface area contributed by atoms with E-state index in [2.05, 4.69) is 9.97 Å². The van der Waals surface area contributed by atoms with Gasteiger partial charge in [0.15, 0.2) is 0 Å². The van der Waals surface area contributed by atoms with E-state index in [0.717, 1.165) is 17.7 Å². The van der Waals surface area contributed by atoms with Gasteiger partial charge < -0.3 is 4.98 Å². The molecule has 0 aliphatic rings. The summed E-state index contributed by atoms with van der Waals surface area (Å²) >= 11 is 5.89. The third-order valence-corrected chi connectivity index (χ3v) is 3.14. The highest BCUT2D eigenvalue weighted by molar-refractivity contribution is 6.30. The van der Waals surface area contributed by atoms with E-state index in [1.54, 1.807) is 24.3 Å². The largest absolute Gasteiger partial charge is 0.416 e. The summed E-state index contributed by atoms with van der Waals surface area (Å²) in [6, 6.07) is 10.4. The van der Waals surface area contributed by atoms with Crippen molar-refractivity contribution in [3.05, 3.63) is 53.1 Å². The fourth-order valence-corrected chi connectivity index (χ4v) is 2.15. The van der Waals surface area contributed by atoms with Gasteiger partial charge >= 0.3 is 6.18 Å². The van der Waals surface area contributed by atoms with Crippen LogP contribution in [0.1, 0.15) is 5.56 Å². The molecule has 0 bridgehead atoms. The normalized spacial score (nSPS) is 12.0. The van der Waals surface area contributed by atoms with Crippen molar-refractivity contribution in [2.75, 3.05) is 0 Å². The Morgan fingerprint density at radius 3 is 2.55 bits per heavy atom. The lowest BCUT2D eigenvalue weighted by Gasteiger charge is -2.05. The maximum absolute atomic E-state index is 12.6. The number of H-pyrrole nitrogens is 1. The highest BCUT2D eigenvalue weighted by atomic mass is 35.5. The number of fused-ring (bicyclic) bond motifs is 1. The molecular formula is C14H8ClF3N2. The minimum Gasteiger partial charge on any atom is -0.338 e. The predicted molar refractivity (Wildman–Crippen MR) is 71.5 cm³/mol. The van der Waals surface area contributed by atoms with Gasteiger partial charge in [-0.2, -0.15) is 13.2 Å². The number of alkyl halides is 3. The number of hydrogen-bond acceptors (Lipinski definition) is 1. The van der Waals surface area contributed by atoms with Crippen molar-refractivity contribution in [2.45, 2.75) is 6.18 Å². The average molecular weight is 297 g/mol.